The topological polar surface area (TPSA) is 38.3 Å². The van der Waals surface area contributed by atoms with Gasteiger partial charge in [0.05, 0.1) is 7.11 Å². The quantitative estimate of drug-likeness (QED) is 0.580. The molecule has 0 amide bonds. The van der Waals surface area contributed by atoms with E-state index in [0.717, 1.165) is 48.2 Å². The van der Waals surface area contributed by atoms with Crippen molar-refractivity contribution in [1.29, 1.82) is 0 Å². The summed E-state index contributed by atoms with van der Waals surface area (Å²) in [5.41, 5.74) is 4.23. The zero-order chi connectivity index (χ0) is 19.3. The normalized spacial score (nSPS) is 16.1. The minimum atomic E-state index is 0.120. The molecule has 4 rings (SSSR count). The van der Waals surface area contributed by atoms with E-state index in [-0.39, 0.29) is 5.43 Å². The van der Waals surface area contributed by atoms with Gasteiger partial charge in [-0.25, -0.2) is 0 Å². The summed E-state index contributed by atoms with van der Waals surface area (Å²) in [6, 6.07) is 14.4. The Kier molecular flexibility index (Phi) is 6.08. The molecule has 1 N–H and O–H groups in total. The second kappa shape index (κ2) is 8.89. The summed E-state index contributed by atoms with van der Waals surface area (Å²) in [4.78, 5) is 12.0. The van der Waals surface area contributed by atoms with Crippen LogP contribution in [0.1, 0.15) is 41.9 Å². The van der Waals surface area contributed by atoms with Crippen molar-refractivity contribution in [3.05, 3.63) is 74.8 Å². The molecule has 0 saturated carbocycles. The highest BCUT2D eigenvalue weighted by molar-refractivity contribution is 7.16. The van der Waals surface area contributed by atoms with Gasteiger partial charge in [-0.2, -0.15) is 0 Å². The third-order valence-corrected chi connectivity index (χ3v) is 6.67. The number of ether oxygens (including phenoxy) is 1. The molecule has 1 aromatic heterocycles. The van der Waals surface area contributed by atoms with E-state index in [2.05, 4.69) is 41.7 Å². The van der Waals surface area contributed by atoms with Crippen LogP contribution in [0.2, 0.25) is 0 Å². The van der Waals surface area contributed by atoms with Gasteiger partial charge in [-0.3, -0.25) is 4.79 Å². The number of hydrogen-bond acceptors (Lipinski definition) is 4. The first-order valence-electron chi connectivity index (χ1n) is 10.1. The van der Waals surface area contributed by atoms with Crippen molar-refractivity contribution in [2.75, 3.05) is 20.2 Å². The summed E-state index contributed by atoms with van der Waals surface area (Å²) in [6.45, 7) is 1.96. The van der Waals surface area contributed by atoms with E-state index in [9.17, 15) is 4.79 Å². The van der Waals surface area contributed by atoms with Crippen molar-refractivity contribution in [3.63, 3.8) is 0 Å². The van der Waals surface area contributed by atoms with Crippen molar-refractivity contribution in [3.8, 4) is 5.75 Å². The third kappa shape index (κ3) is 4.13. The van der Waals surface area contributed by atoms with E-state index >= 15 is 0 Å². The van der Waals surface area contributed by atoms with Crippen molar-refractivity contribution in [1.82, 2.24) is 5.32 Å². The summed E-state index contributed by atoms with van der Waals surface area (Å²) in [6.07, 6.45) is 5.75. The first-order chi connectivity index (χ1) is 13.8. The second-order valence-electron chi connectivity index (χ2n) is 7.52. The number of nitrogens with one attached hydrogen (secondary N) is 1. The maximum absolute atomic E-state index is 12.0. The Labute approximate surface area is 170 Å². The fourth-order valence-electron chi connectivity index (χ4n) is 4.33. The van der Waals surface area contributed by atoms with Crippen LogP contribution in [0.25, 0.3) is 10.1 Å². The highest BCUT2D eigenvalue weighted by Crippen LogP contribution is 2.38. The highest BCUT2D eigenvalue weighted by Gasteiger charge is 2.22. The van der Waals surface area contributed by atoms with E-state index in [1.807, 2.05) is 5.38 Å². The van der Waals surface area contributed by atoms with E-state index in [1.165, 1.54) is 29.5 Å². The molecule has 1 unspecified atom stereocenters. The second-order valence-corrected chi connectivity index (χ2v) is 8.47. The molecule has 3 nitrogen and oxygen atoms in total. The molecule has 0 fully saturated rings. The molecule has 0 bridgehead atoms. The average Bonchev–Trinajstić information content (AvgIpc) is 2.73. The monoisotopic (exact) mass is 393 g/mol. The minimum Gasteiger partial charge on any atom is -0.496 e. The van der Waals surface area contributed by atoms with Crippen LogP contribution in [-0.4, -0.2) is 20.2 Å². The Balaban J connectivity index is 1.30. The fraction of sp³-hybridized carbons (Fsp3) is 0.375. The molecule has 0 spiro atoms. The number of methoxy groups -OCH3 is 1. The first kappa shape index (κ1) is 19.2. The van der Waals surface area contributed by atoms with Gasteiger partial charge in [-0.05, 0) is 97.4 Å². The van der Waals surface area contributed by atoms with Crippen LogP contribution in [0.4, 0.5) is 0 Å². The van der Waals surface area contributed by atoms with Crippen LogP contribution in [0, 0.1) is 0 Å². The summed E-state index contributed by atoms with van der Waals surface area (Å²) < 4.78 is 6.62. The number of hydrogen-bond donors (Lipinski definition) is 1. The molecule has 1 atom stereocenters. The Morgan fingerprint density at radius 3 is 3.00 bits per heavy atom. The minimum absolute atomic E-state index is 0.120. The summed E-state index contributed by atoms with van der Waals surface area (Å²) in [7, 11) is 1.77. The Morgan fingerprint density at radius 2 is 2.11 bits per heavy atom. The molecule has 1 aliphatic rings. The van der Waals surface area contributed by atoms with Gasteiger partial charge < -0.3 is 10.1 Å². The van der Waals surface area contributed by atoms with Gasteiger partial charge in [0.1, 0.15) is 5.75 Å². The molecule has 28 heavy (non-hydrogen) atoms. The Hall–Kier alpha value is -2.17. The lowest BCUT2D eigenvalue weighted by Crippen LogP contribution is -2.22. The van der Waals surface area contributed by atoms with E-state index in [1.54, 1.807) is 24.5 Å². The summed E-state index contributed by atoms with van der Waals surface area (Å²) in [5, 5.41) is 6.31. The van der Waals surface area contributed by atoms with Crippen LogP contribution in [0.15, 0.2) is 52.6 Å². The molecular formula is C24H27NO2S. The largest absolute Gasteiger partial charge is 0.496 e. The number of rotatable bonds is 7. The zero-order valence-electron chi connectivity index (χ0n) is 16.4. The number of fused-ring (bicyclic) bond motifs is 2. The van der Waals surface area contributed by atoms with E-state index in [0.29, 0.717) is 5.92 Å². The molecule has 1 heterocycles. The predicted molar refractivity (Wildman–Crippen MR) is 118 cm³/mol. The van der Waals surface area contributed by atoms with Crippen LogP contribution < -0.4 is 15.5 Å². The smallest absolute Gasteiger partial charge is 0.188 e. The lowest BCUT2D eigenvalue weighted by molar-refractivity contribution is 0.401. The van der Waals surface area contributed by atoms with Gasteiger partial charge in [0.25, 0.3) is 0 Å². The third-order valence-electron chi connectivity index (χ3n) is 5.79. The lowest BCUT2D eigenvalue weighted by atomic mass is 9.80. The molecule has 2 aromatic carbocycles. The lowest BCUT2D eigenvalue weighted by Gasteiger charge is -2.27. The van der Waals surface area contributed by atoms with E-state index < -0.39 is 0 Å². The van der Waals surface area contributed by atoms with Gasteiger partial charge in [0, 0.05) is 10.1 Å². The van der Waals surface area contributed by atoms with Crippen molar-refractivity contribution < 1.29 is 4.74 Å². The number of benzene rings is 2. The molecule has 0 radical (unpaired) electrons. The van der Waals surface area contributed by atoms with Crippen LogP contribution in [0.3, 0.4) is 0 Å². The SMILES string of the molecule is COc1cccc2c1CCCC2CCNCCc1ccc2sccc(=O)c2c1. The fourth-order valence-corrected chi connectivity index (χ4v) is 5.10. The molecule has 1 aliphatic carbocycles. The first-order valence-corrected chi connectivity index (χ1v) is 11.0. The molecule has 3 aromatic rings. The van der Waals surface area contributed by atoms with Crippen molar-refractivity contribution in [2.24, 2.45) is 0 Å². The van der Waals surface area contributed by atoms with Crippen LogP contribution in [-0.2, 0) is 12.8 Å². The maximum Gasteiger partial charge on any atom is 0.188 e. The molecule has 0 saturated heterocycles. The molecular weight excluding hydrogens is 366 g/mol. The zero-order valence-corrected chi connectivity index (χ0v) is 17.2. The van der Waals surface area contributed by atoms with Gasteiger partial charge >= 0.3 is 0 Å². The van der Waals surface area contributed by atoms with Gasteiger partial charge in [0.2, 0.25) is 0 Å². The van der Waals surface area contributed by atoms with Gasteiger partial charge in [-0.1, -0.05) is 18.2 Å². The molecule has 146 valence electrons. The van der Waals surface area contributed by atoms with Gasteiger partial charge in [0.15, 0.2) is 5.43 Å². The Morgan fingerprint density at radius 1 is 1.18 bits per heavy atom. The van der Waals surface area contributed by atoms with Crippen LogP contribution >= 0.6 is 11.3 Å². The highest BCUT2D eigenvalue weighted by atomic mass is 32.1. The summed E-state index contributed by atoms with van der Waals surface area (Å²) in [5.74, 6) is 1.67. The van der Waals surface area contributed by atoms with Crippen LogP contribution in [0.5, 0.6) is 5.75 Å². The van der Waals surface area contributed by atoms with Gasteiger partial charge in [-0.15, -0.1) is 11.3 Å². The molecule has 0 aliphatic heterocycles. The standard InChI is InChI=1S/C24H27NO2S/c1-27-23-7-3-5-19-18(4-2-6-20(19)23)11-14-25-13-10-17-8-9-24-21(16-17)22(26)12-15-28-24/h3,5,7-9,12,15-16,18,25H,2,4,6,10-11,13-14H2,1H3. The average molecular weight is 394 g/mol. The van der Waals surface area contributed by atoms with E-state index in [4.69, 9.17) is 4.74 Å². The maximum atomic E-state index is 12.0. The molecule has 4 heteroatoms. The van der Waals surface area contributed by atoms with Crippen molar-refractivity contribution in [2.45, 2.75) is 38.0 Å². The Bertz CT molecular complexity index is 1010. The summed E-state index contributed by atoms with van der Waals surface area (Å²) >= 11 is 1.62. The van der Waals surface area contributed by atoms with Crippen molar-refractivity contribution >= 4 is 21.4 Å². The predicted octanol–water partition coefficient (Wildman–Crippen LogP) is 4.91.